The number of aliphatic hydroxyl groups is 1. The Hall–Kier alpha value is -1.98. The van der Waals surface area contributed by atoms with Gasteiger partial charge in [0.1, 0.15) is 12.4 Å². The van der Waals surface area contributed by atoms with E-state index in [1.807, 2.05) is 31.2 Å². The molecule has 1 aromatic carbocycles. The van der Waals surface area contributed by atoms with Crippen LogP contribution in [0.15, 0.2) is 36.4 Å². The highest BCUT2D eigenvalue weighted by Gasteiger charge is 2.17. The quantitative estimate of drug-likeness (QED) is 0.811. The molecule has 2 aromatic rings. The summed E-state index contributed by atoms with van der Waals surface area (Å²) in [6, 6.07) is 12.4. The van der Waals surface area contributed by atoms with Crippen LogP contribution in [0.25, 0.3) is 0 Å². The average Bonchev–Trinajstić information content (AvgIpc) is 2.53. The van der Waals surface area contributed by atoms with Gasteiger partial charge in [-0.3, -0.25) is 0 Å². The van der Waals surface area contributed by atoms with Crippen LogP contribution in [0.4, 0.5) is 5.82 Å². The third-order valence-corrected chi connectivity index (χ3v) is 3.73. The summed E-state index contributed by atoms with van der Waals surface area (Å²) < 4.78 is 5.16. The van der Waals surface area contributed by atoms with Gasteiger partial charge >= 0.3 is 0 Å². The van der Waals surface area contributed by atoms with Gasteiger partial charge in [-0.05, 0) is 25.8 Å². The smallest absolute Gasteiger partial charge is 0.156 e. The lowest BCUT2D eigenvalue weighted by molar-refractivity contribution is 0.177. The minimum absolute atomic E-state index is 0.154. The first kappa shape index (κ1) is 17.4. The molecule has 1 N–H and O–H groups in total. The van der Waals surface area contributed by atoms with Gasteiger partial charge in [0.05, 0.1) is 0 Å². The normalized spacial score (nSPS) is 12.2. The molecule has 0 spiro atoms. The summed E-state index contributed by atoms with van der Waals surface area (Å²) >= 11 is 0. The van der Waals surface area contributed by atoms with E-state index in [1.54, 1.807) is 7.11 Å². The fourth-order valence-corrected chi connectivity index (χ4v) is 2.54. The Morgan fingerprint density at radius 2 is 1.96 bits per heavy atom. The number of nitrogens with zero attached hydrogens (tertiary/aromatic N) is 3. The van der Waals surface area contributed by atoms with E-state index in [1.165, 1.54) is 5.56 Å². The van der Waals surface area contributed by atoms with Crippen LogP contribution >= 0.6 is 0 Å². The number of benzene rings is 1. The Bertz CT molecular complexity index is 604. The van der Waals surface area contributed by atoms with Crippen molar-refractivity contribution < 1.29 is 9.84 Å². The van der Waals surface area contributed by atoms with Gasteiger partial charge in [0.2, 0.25) is 0 Å². The number of aryl methyl sites for hydroxylation is 1. The van der Waals surface area contributed by atoms with Gasteiger partial charge < -0.3 is 14.7 Å². The highest BCUT2D eigenvalue weighted by atomic mass is 16.5. The molecule has 0 saturated carbocycles. The zero-order chi connectivity index (χ0) is 16.7. The molecule has 0 radical (unpaired) electrons. The van der Waals surface area contributed by atoms with Crippen LogP contribution in [0.2, 0.25) is 0 Å². The molecule has 0 aliphatic rings. The highest BCUT2D eigenvalue weighted by Crippen LogP contribution is 2.20. The molecule has 0 fully saturated rings. The maximum absolute atomic E-state index is 9.31. The molecular weight excluding hydrogens is 290 g/mol. The van der Waals surface area contributed by atoms with Crippen molar-refractivity contribution in [1.29, 1.82) is 0 Å². The first-order valence-corrected chi connectivity index (χ1v) is 7.89. The van der Waals surface area contributed by atoms with Crippen LogP contribution in [-0.4, -0.2) is 34.8 Å². The number of hydrogen-bond acceptors (Lipinski definition) is 5. The lowest BCUT2D eigenvalue weighted by Gasteiger charge is -2.30. The fraction of sp³-hybridized carbons (Fsp3) is 0.444. The van der Waals surface area contributed by atoms with Crippen LogP contribution in [0, 0.1) is 6.92 Å². The van der Waals surface area contributed by atoms with Crippen molar-refractivity contribution in [2.24, 2.45) is 0 Å². The Labute approximate surface area is 138 Å². The predicted molar refractivity (Wildman–Crippen MR) is 91.3 cm³/mol. The number of methoxy groups -OCH3 is 1. The zero-order valence-electron chi connectivity index (χ0n) is 14.1. The van der Waals surface area contributed by atoms with E-state index in [-0.39, 0.29) is 12.6 Å². The Balaban J connectivity index is 2.32. The zero-order valence-corrected chi connectivity index (χ0v) is 14.1. The molecule has 1 aromatic heterocycles. The first-order valence-electron chi connectivity index (χ1n) is 7.89. The molecule has 5 heteroatoms. The summed E-state index contributed by atoms with van der Waals surface area (Å²) in [7, 11) is 1.64. The van der Waals surface area contributed by atoms with Gasteiger partial charge in [0.15, 0.2) is 5.82 Å². The summed E-state index contributed by atoms with van der Waals surface area (Å²) in [4.78, 5) is 11.2. The number of ether oxygens (including phenoxy) is 1. The number of hydrogen-bond donors (Lipinski definition) is 1. The molecule has 0 saturated heterocycles. The van der Waals surface area contributed by atoms with Gasteiger partial charge in [0.25, 0.3) is 0 Å². The van der Waals surface area contributed by atoms with Gasteiger partial charge in [-0.1, -0.05) is 30.3 Å². The third kappa shape index (κ3) is 5.01. The summed E-state index contributed by atoms with van der Waals surface area (Å²) in [5.41, 5.74) is 2.12. The molecule has 0 aliphatic heterocycles. The van der Waals surface area contributed by atoms with Crippen molar-refractivity contribution in [3.63, 3.8) is 0 Å². The summed E-state index contributed by atoms with van der Waals surface area (Å²) in [6.45, 7) is 5.35. The monoisotopic (exact) mass is 315 g/mol. The summed E-state index contributed by atoms with van der Waals surface area (Å²) in [5, 5.41) is 9.31. The fourth-order valence-electron chi connectivity index (χ4n) is 2.54. The second-order valence-electron chi connectivity index (χ2n) is 5.69. The molecule has 2 rings (SSSR count). The predicted octanol–water partition coefficient (Wildman–Crippen LogP) is 2.71. The van der Waals surface area contributed by atoms with Crippen molar-refractivity contribution >= 4 is 5.82 Å². The van der Waals surface area contributed by atoms with E-state index in [0.717, 1.165) is 18.1 Å². The van der Waals surface area contributed by atoms with Crippen LogP contribution in [0.5, 0.6) is 0 Å². The molecule has 0 bridgehead atoms. The Kier molecular flexibility index (Phi) is 6.50. The molecule has 0 amide bonds. The largest absolute Gasteiger partial charge is 0.396 e. The van der Waals surface area contributed by atoms with E-state index in [2.05, 4.69) is 33.9 Å². The number of rotatable bonds is 8. The number of anilines is 1. The van der Waals surface area contributed by atoms with Crippen molar-refractivity contribution in [2.45, 2.75) is 39.5 Å². The van der Waals surface area contributed by atoms with Gasteiger partial charge in [-0.15, -0.1) is 0 Å². The van der Waals surface area contributed by atoms with Crippen LogP contribution < -0.4 is 4.90 Å². The maximum Gasteiger partial charge on any atom is 0.156 e. The SMILES string of the molecule is COCc1nc(C)cc(N(Cc2ccccc2)C(C)CCO)n1. The molecule has 124 valence electrons. The van der Waals surface area contributed by atoms with E-state index in [0.29, 0.717) is 18.9 Å². The van der Waals surface area contributed by atoms with Crippen LogP contribution in [0.1, 0.15) is 30.4 Å². The molecule has 5 nitrogen and oxygen atoms in total. The molecule has 23 heavy (non-hydrogen) atoms. The van der Waals surface area contributed by atoms with E-state index < -0.39 is 0 Å². The van der Waals surface area contributed by atoms with Gasteiger partial charge in [-0.2, -0.15) is 0 Å². The molecule has 0 aliphatic carbocycles. The van der Waals surface area contributed by atoms with Crippen molar-refractivity contribution in [3.05, 3.63) is 53.5 Å². The van der Waals surface area contributed by atoms with E-state index >= 15 is 0 Å². The first-order chi connectivity index (χ1) is 11.1. The standard InChI is InChI=1S/C18H25N3O2/c1-14-11-18(20-17(19-14)13-23-3)21(15(2)9-10-22)12-16-7-5-4-6-8-16/h4-8,11,15,22H,9-10,12-13H2,1-3H3. The van der Waals surface area contributed by atoms with Crippen molar-refractivity contribution in [2.75, 3.05) is 18.6 Å². The van der Waals surface area contributed by atoms with Crippen molar-refractivity contribution in [1.82, 2.24) is 9.97 Å². The second kappa shape index (κ2) is 8.60. The van der Waals surface area contributed by atoms with E-state index in [9.17, 15) is 5.11 Å². The second-order valence-corrected chi connectivity index (χ2v) is 5.69. The molecule has 1 heterocycles. The Morgan fingerprint density at radius 1 is 1.22 bits per heavy atom. The maximum atomic E-state index is 9.31. The molecular formula is C18H25N3O2. The van der Waals surface area contributed by atoms with Crippen LogP contribution in [-0.2, 0) is 17.9 Å². The van der Waals surface area contributed by atoms with Crippen LogP contribution in [0.3, 0.4) is 0 Å². The lowest BCUT2D eigenvalue weighted by Crippen LogP contribution is -2.34. The minimum Gasteiger partial charge on any atom is -0.396 e. The number of aromatic nitrogens is 2. The van der Waals surface area contributed by atoms with Gasteiger partial charge in [0, 0.05) is 38.1 Å². The van der Waals surface area contributed by atoms with E-state index in [4.69, 9.17) is 4.74 Å². The summed E-state index contributed by atoms with van der Waals surface area (Å²) in [6.07, 6.45) is 0.690. The lowest BCUT2D eigenvalue weighted by atomic mass is 10.1. The topological polar surface area (TPSA) is 58.5 Å². The third-order valence-electron chi connectivity index (χ3n) is 3.73. The average molecular weight is 315 g/mol. The highest BCUT2D eigenvalue weighted by molar-refractivity contribution is 5.42. The van der Waals surface area contributed by atoms with Crippen molar-refractivity contribution in [3.8, 4) is 0 Å². The Morgan fingerprint density at radius 3 is 2.61 bits per heavy atom. The van der Waals surface area contributed by atoms with Gasteiger partial charge in [-0.25, -0.2) is 9.97 Å². The molecule has 1 unspecified atom stereocenters. The minimum atomic E-state index is 0.154. The molecule has 1 atom stereocenters. The summed E-state index contributed by atoms with van der Waals surface area (Å²) in [5.74, 6) is 1.55. The number of aliphatic hydroxyl groups excluding tert-OH is 1.